The van der Waals surface area contributed by atoms with Crippen molar-refractivity contribution >= 4 is 37.6 Å². The Morgan fingerprint density at radius 3 is 2.48 bits per heavy atom. The van der Waals surface area contributed by atoms with E-state index in [1.54, 1.807) is 24.3 Å². The minimum atomic E-state index is -3.85. The highest BCUT2D eigenvalue weighted by Crippen LogP contribution is 2.23. The van der Waals surface area contributed by atoms with Crippen LogP contribution in [0.25, 0.3) is 0 Å². The smallest absolute Gasteiger partial charge is 0.335 e. The Balaban J connectivity index is 2.45. The molecule has 0 radical (unpaired) electrons. The molecule has 0 bridgehead atoms. The zero-order valence-electron chi connectivity index (χ0n) is 11.0. The van der Waals surface area contributed by atoms with Gasteiger partial charge in [0.1, 0.15) is 0 Å². The predicted molar refractivity (Wildman–Crippen MR) is 83.1 cm³/mol. The van der Waals surface area contributed by atoms with E-state index in [0.29, 0.717) is 5.69 Å². The van der Waals surface area contributed by atoms with Crippen LogP contribution < -0.4 is 4.72 Å². The van der Waals surface area contributed by atoms with Crippen LogP contribution in [0.15, 0.2) is 51.8 Å². The second kappa shape index (κ2) is 5.87. The number of hydrogen-bond donors (Lipinski definition) is 2. The Morgan fingerprint density at radius 1 is 1.19 bits per heavy atom. The minimum Gasteiger partial charge on any atom is -0.478 e. The molecule has 5 nitrogen and oxygen atoms in total. The van der Waals surface area contributed by atoms with Gasteiger partial charge in [0.05, 0.1) is 10.5 Å². The number of rotatable bonds is 4. The normalized spacial score (nSPS) is 11.1. The van der Waals surface area contributed by atoms with Gasteiger partial charge in [0.2, 0.25) is 0 Å². The summed E-state index contributed by atoms with van der Waals surface area (Å²) in [4.78, 5) is 11.0. The fraction of sp³-hybridized carbons (Fsp3) is 0.0714. The molecule has 2 aromatic rings. The number of nitrogens with one attached hydrogen (secondary N) is 1. The van der Waals surface area contributed by atoms with Crippen molar-refractivity contribution in [3.63, 3.8) is 0 Å². The summed E-state index contributed by atoms with van der Waals surface area (Å²) >= 11 is 3.26. The van der Waals surface area contributed by atoms with E-state index in [9.17, 15) is 13.2 Å². The van der Waals surface area contributed by atoms with Crippen molar-refractivity contribution in [2.24, 2.45) is 0 Å². The van der Waals surface area contributed by atoms with Gasteiger partial charge < -0.3 is 5.11 Å². The van der Waals surface area contributed by atoms with Crippen molar-refractivity contribution < 1.29 is 18.3 Å². The molecule has 0 aromatic heterocycles. The lowest BCUT2D eigenvalue weighted by Crippen LogP contribution is -2.15. The van der Waals surface area contributed by atoms with Crippen LogP contribution in [0.3, 0.4) is 0 Å². The molecule has 2 N–H and O–H groups in total. The third kappa shape index (κ3) is 3.43. The van der Waals surface area contributed by atoms with E-state index in [2.05, 4.69) is 20.7 Å². The molecule has 0 spiro atoms. The topological polar surface area (TPSA) is 83.5 Å². The van der Waals surface area contributed by atoms with E-state index in [1.165, 1.54) is 25.1 Å². The summed E-state index contributed by atoms with van der Waals surface area (Å²) in [6.45, 7) is 1.47. The maximum absolute atomic E-state index is 12.4. The summed E-state index contributed by atoms with van der Waals surface area (Å²) in [7, 11) is -3.85. The molecule has 2 rings (SSSR count). The molecule has 2 aromatic carbocycles. The zero-order chi connectivity index (χ0) is 15.6. The highest BCUT2D eigenvalue weighted by Gasteiger charge is 2.20. The van der Waals surface area contributed by atoms with E-state index in [0.717, 1.165) is 4.47 Å². The summed E-state index contributed by atoms with van der Waals surface area (Å²) in [5.41, 5.74) is 0.559. The van der Waals surface area contributed by atoms with Gasteiger partial charge in [0.15, 0.2) is 0 Å². The molecule has 0 saturated heterocycles. The second-order valence-corrected chi connectivity index (χ2v) is 6.92. The number of sulfonamides is 1. The number of halogens is 1. The molecular formula is C14H12BrNO4S. The number of carboxylic acids is 1. The van der Waals surface area contributed by atoms with Crippen LogP contribution in [0.1, 0.15) is 15.9 Å². The van der Waals surface area contributed by atoms with Crippen LogP contribution in [0, 0.1) is 6.92 Å². The first-order valence-electron chi connectivity index (χ1n) is 5.92. The van der Waals surface area contributed by atoms with Gasteiger partial charge in [-0.15, -0.1) is 0 Å². The van der Waals surface area contributed by atoms with Crippen molar-refractivity contribution in [2.45, 2.75) is 11.8 Å². The first-order valence-corrected chi connectivity index (χ1v) is 8.20. The number of carbonyl (C=O) groups is 1. The highest BCUT2D eigenvalue weighted by molar-refractivity contribution is 9.10. The monoisotopic (exact) mass is 369 g/mol. The van der Waals surface area contributed by atoms with Crippen molar-refractivity contribution in [3.8, 4) is 0 Å². The van der Waals surface area contributed by atoms with Crippen LogP contribution in [-0.4, -0.2) is 19.5 Å². The average molecular weight is 370 g/mol. The van der Waals surface area contributed by atoms with Gasteiger partial charge in [0, 0.05) is 10.2 Å². The summed E-state index contributed by atoms with van der Waals surface area (Å²) in [5, 5.41) is 9.06. The van der Waals surface area contributed by atoms with Crippen LogP contribution in [0.4, 0.5) is 5.69 Å². The zero-order valence-corrected chi connectivity index (χ0v) is 13.4. The van der Waals surface area contributed by atoms with Crippen molar-refractivity contribution in [1.29, 1.82) is 0 Å². The Labute approximate surface area is 130 Å². The number of benzene rings is 2. The van der Waals surface area contributed by atoms with Gasteiger partial charge >= 0.3 is 5.97 Å². The molecule has 0 atom stereocenters. The lowest BCUT2D eigenvalue weighted by atomic mass is 10.1. The molecule has 21 heavy (non-hydrogen) atoms. The maximum Gasteiger partial charge on any atom is 0.335 e. The van der Waals surface area contributed by atoms with Gasteiger partial charge in [-0.1, -0.05) is 28.1 Å². The molecule has 0 aliphatic heterocycles. The molecule has 0 aliphatic rings. The van der Waals surface area contributed by atoms with Crippen molar-refractivity contribution in [2.75, 3.05) is 4.72 Å². The summed E-state index contributed by atoms with van der Waals surface area (Å²) in [5.74, 6) is -1.16. The van der Waals surface area contributed by atoms with E-state index in [-0.39, 0.29) is 16.0 Å². The standard InChI is InChI=1S/C14H12BrNO4S/c1-9-12(14(17)18)6-3-7-13(9)21(19,20)16-11-5-2-4-10(15)8-11/h2-8,16H,1H3,(H,17,18). The Morgan fingerprint density at radius 2 is 1.86 bits per heavy atom. The van der Waals surface area contributed by atoms with Crippen LogP contribution >= 0.6 is 15.9 Å². The average Bonchev–Trinajstić information content (AvgIpc) is 2.37. The SMILES string of the molecule is Cc1c(C(=O)O)cccc1S(=O)(=O)Nc1cccc(Br)c1. The van der Waals surface area contributed by atoms with E-state index in [1.807, 2.05) is 0 Å². The fourth-order valence-corrected chi connectivity index (χ4v) is 3.62. The third-order valence-corrected chi connectivity index (χ3v) is 4.90. The molecule has 7 heteroatoms. The van der Waals surface area contributed by atoms with Gasteiger partial charge in [-0.05, 0) is 42.8 Å². The van der Waals surface area contributed by atoms with Crippen LogP contribution in [0.5, 0.6) is 0 Å². The first kappa shape index (κ1) is 15.5. The molecule has 110 valence electrons. The minimum absolute atomic E-state index is 0.0351. The van der Waals surface area contributed by atoms with E-state index >= 15 is 0 Å². The summed E-state index contributed by atoms with van der Waals surface area (Å²) in [6.07, 6.45) is 0. The van der Waals surface area contributed by atoms with E-state index in [4.69, 9.17) is 5.11 Å². The first-order chi connectivity index (χ1) is 9.81. The Bertz CT molecular complexity index is 802. The van der Waals surface area contributed by atoms with Crippen LogP contribution in [-0.2, 0) is 10.0 Å². The molecule has 0 heterocycles. The van der Waals surface area contributed by atoms with E-state index < -0.39 is 16.0 Å². The lowest BCUT2D eigenvalue weighted by molar-refractivity contribution is 0.0696. The third-order valence-electron chi connectivity index (χ3n) is 2.88. The van der Waals surface area contributed by atoms with Crippen molar-refractivity contribution in [1.82, 2.24) is 0 Å². The predicted octanol–water partition coefficient (Wildman–Crippen LogP) is 3.26. The molecule has 0 fully saturated rings. The summed E-state index contributed by atoms with van der Waals surface area (Å²) < 4.78 is 27.9. The van der Waals surface area contributed by atoms with Crippen LogP contribution in [0.2, 0.25) is 0 Å². The molecule has 0 amide bonds. The number of carboxylic acid groups (broad SMARTS) is 1. The quantitative estimate of drug-likeness (QED) is 0.866. The van der Waals surface area contributed by atoms with Gasteiger partial charge in [0.25, 0.3) is 10.0 Å². The number of hydrogen-bond acceptors (Lipinski definition) is 3. The van der Waals surface area contributed by atoms with Crippen molar-refractivity contribution in [3.05, 3.63) is 58.1 Å². The fourth-order valence-electron chi connectivity index (χ4n) is 1.90. The lowest BCUT2D eigenvalue weighted by Gasteiger charge is -2.12. The number of aromatic carboxylic acids is 1. The molecule has 0 unspecified atom stereocenters. The second-order valence-electron chi connectivity index (χ2n) is 4.35. The van der Waals surface area contributed by atoms with Gasteiger partial charge in [-0.2, -0.15) is 0 Å². The molecule has 0 saturated carbocycles. The maximum atomic E-state index is 12.4. The number of anilines is 1. The van der Waals surface area contributed by atoms with Gasteiger partial charge in [-0.3, -0.25) is 4.72 Å². The Kier molecular flexibility index (Phi) is 4.34. The molecular weight excluding hydrogens is 358 g/mol. The molecule has 0 aliphatic carbocycles. The summed E-state index contributed by atoms with van der Waals surface area (Å²) in [6, 6.07) is 10.9. The highest BCUT2D eigenvalue weighted by atomic mass is 79.9. The van der Waals surface area contributed by atoms with Gasteiger partial charge in [-0.25, -0.2) is 13.2 Å². The Hall–Kier alpha value is -1.86. The largest absolute Gasteiger partial charge is 0.478 e.